The Kier molecular flexibility index (Phi) is 6.23. The Bertz CT molecular complexity index is 1490. The standard InChI is InChI=1S/C29H29ClN4O2S/c1-18-9-10-20(15-24(18)30)31-29(35)34-16-23-22-11-13-32(2)17-26(22)37-28(23)33-12-5-8-25(33)27(34)19-6-4-7-21(14-19)36-3/h4-10,12,14-15,27H,11,13,16-17H2,1-3H3,(H,31,35)/t27-/m1/s1. The number of carbonyl (C=O) groups is 1. The van der Waals surface area contributed by atoms with Crippen LogP contribution in [0.1, 0.15) is 38.9 Å². The summed E-state index contributed by atoms with van der Waals surface area (Å²) in [6, 6.07) is 17.4. The largest absolute Gasteiger partial charge is 0.497 e. The predicted molar refractivity (Wildman–Crippen MR) is 149 cm³/mol. The zero-order valence-corrected chi connectivity index (χ0v) is 22.7. The molecule has 0 unspecified atom stereocenters. The van der Waals surface area contributed by atoms with Gasteiger partial charge in [0.25, 0.3) is 0 Å². The van der Waals surface area contributed by atoms with Gasteiger partial charge < -0.3 is 24.4 Å². The first kappa shape index (κ1) is 24.1. The van der Waals surface area contributed by atoms with Gasteiger partial charge in [-0.05, 0) is 73.5 Å². The molecule has 0 saturated heterocycles. The molecule has 2 aromatic carbocycles. The number of methoxy groups -OCH3 is 1. The molecule has 1 N–H and O–H groups in total. The topological polar surface area (TPSA) is 49.7 Å². The van der Waals surface area contributed by atoms with E-state index in [-0.39, 0.29) is 12.1 Å². The molecule has 2 amide bonds. The number of ether oxygens (including phenoxy) is 1. The van der Waals surface area contributed by atoms with Gasteiger partial charge in [0, 0.05) is 40.4 Å². The second-order valence-corrected chi connectivity index (χ2v) is 11.3. The number of rotatable bonds is 3. The lowest BCUT2D eigenvalue weighted by Gasteiger charge is -2.32. The highest BCUT2D eigenvalue weighted by Gasteiger charge is 2.36. The summed E-state index contributed by atoms with van der Waals surface area (Å²) in [5.41, 5.74) is 6.34. The van der Waals surface area contributed by atoms with Crippen molar-refractivity contribution < 1.29 is 9.53 Å². The van der Waals surface area contributed by atoms with Crippen LogP contribution in [0.15, 0.2) is 60.8 Å². The number of carbonyl (C=O) groups excluding carboxylic acids is 1. The van der Waals surface area contributed by atoms with Crippen LogP contribution in [0.5, 0.6) is 5.75 Å². The number of urea groups is 1. The van der Waals surface area contributed by atoms with E-state index in [2.05, 4.69) is 46.2 Å². The summed E-state index contributed by atoms with van der Waals surface area (Å²) in [6.07, 6.45) is 3.11. The van der Waals surface area contributed by atoms with Crippen LogP contribution in [0.4, 0.5) is 10.5 Å². The lowest BCUT2D eigenvalue weighted by atomic mass is 10.00. The maximum atomic E-state index is 14.1. The van der Waals surface area contributed by atoms with E-state index in [1.807, 2.05) is 59.6 Å². The van der Waals surface area contributed by atoms with Crippen molar-refractivity contribution in [1.82, 2.24) is 14.4 Å². The lowest BCUT2D eigenvalue weighted by Crippen LogP contribution is -2.38. The van der Waals surface area contributed by atoms with E-state index in [4.69, 9.17) is 16.3 Å². The summed E-state index contributed by atoms with van der Waals surface area (Å²) in [4.78, 5) is 19.8. The first-order valence-electron chi connectivity index (χ1n) is 12.4. The van der Waals surface area contributed by atoms with Gasteiger partial charge in [-0.15, -0.1) is 11.3 Å². The molecule has 8 heteroatoms. The molecule has 6 nitrogen and oxygen atoms in total. The van der Waals surface area contributed by atoms with Gasteiger partial charge in [-0.2, -0.15) is 0 Å². The average molecular weight is 533 g/mol. The van der Waals surface area contributed by atoms with Crippen LogP contribution in [0.3, 0.4) is 0 Å². The summed E-state index contributed by atoms with van der Waals surface area (Å²) in [7, 11) is 3.83. The van der Waals surface area contributed by atoms with Gasteiger partial charge in [-0.3, -0.25) is 0 Å². The van der Waals surface area contributed by atoms with Crippen LogP contribution in [-0.4, -0.2) is 41.1 Å². The van der Waals surface area contributed by atoms with Crippen molar-refractivity contribution in [2.45, 2.75) is 32.5 Å². The minimum absolute atomic E-state index is 0.166. The van der Waals surface area contributed by atoms with Crippen LogP contribution in [0.2, 0.25) is 5.02 Å². The number of amides is 2. The fourth-order valence-corrected chi connectivity index (χ4v) is 7.00. The molecular weight excluding hydrogens is 504 g/mol. The van der Waals surface area contributed by atoms with E-state index in [1.54, 1.807) is 7.11 Å². The molecule has 1 atom stereocenters. The second-order valence-electron chi connectivity index (χ2n) is 9.78. The average Bonchev–Trinajstić information content (AvgIpc) is 3.47. The normalized spacial score (nSPS) is 17.0. The third kappa shape index (κ3) is 4.31. The summed E-state index contributed by atoms with van der Waals surface area (Å²) in [5.74, 6) is 0.765. The van der Waals surface area contributed by atoms with E-state index in [9.17, 15) is 4.79 Å². The number of fused-ring (bicyclic) bond motifs is 5. The van der Waals surface area contributed by atoms with Crippen LogP contribution < -0.4 is 10.1 Å². The van der Waals surface area contributed by atoms with Crippen molar-refractivity contribution in [3.8, 4) is 10.8 Å². The molecule has 2 aliphatic heterocycles. The van der Waals surface area contributed by atoms with Crippen molar-refractivity contribution in [2.24, 2.45) is 0 Å². The number of aromatic nitrogens is 1. The Morgan fingerprint density at radius 3 is 2.78 bits per heavy atom. The summed E-state index contributed by atoms with van der Waals surface area (Å²) in [6.45, 7) is 4.42. The van der Waals surface area contributed by atoms with E-state index in [0.717, 1.165) is 42.1 Å². The molecule has 4 heterocycles. The number of anilines is 1. The van der Waals surface area contributed by atoms with Gasteiger partial charge in [0.1, 0.15) is 10.8 Å². The molecule has 190 valence electrons. The first-order chi connectivity index (χ1) is 17.9. The molecule has 0 bridgehead atoms. The molecule has 0 saturated carbocycles. The quantitative estimate of drug-likeness (QED) is 0.322. The van der Waals surface area contributed by atoms with Crippen molar-refractivity contribution in [2.75, 3.05) is 26.0 Å². The van der Waals surface area contributed by atoms with E-state index >= 15 is 0 Å². The van der Waals surface area contributed by atoms with Crippen LogP contribution in [-0.2, 0) is 19.5 Å². The van der Waals surface area contributed by atoms with Crippen LogP contribution >= 0.6 is 22.9 Å². The van der Waals surface area contributed by atoms with Crippen molar-refractivity contribution in [3.05, 3.63) is 98.6 Å². The van der Waals surface area contributed by atoms with Crippen molar-refractivity contribution in [3.63, 3.8) is 0 Å². The Morgan fingerprint density at radius 2 is 1.97 bits per heavy atom. The number of aryl methyl sites for hydroxylation is 1. The number of thiophene rings is 1. The summed E-state index contributed by atoms with van der Waals surface area (Å²) < 4.78 is 7.83. The third-order valence-corrected chi connectivity index (χ3v) is 9.01. The number of nitrogens with zero attached hydrogens (tertiary/aromatic N) is 3. The molecular formula is C29H29ClN4O2S. The third-order valence-electron chi connectivity index (χ3n) is 7.35. The maximum absolute atomic E-state index is 14.1. The number of benzene rings is 2. The Hall–Kier alpha value is -3.26. The Morgan fingerprint density at radius 1 is 1.11 bits per heavy atom. The smallest absolute Gasteiger partial charge is 0.322 e. The molecule has 37 heavy (non-hydrogen) atoms. The van der Waals surface area contributed by atoms with Gasteiger partial charge >= 0.3 is 6.03 Å². The number of hydrogen-bond donors (Lipinski definition) is 1. The number of likely N-dealkylation sites (N-methyl/N-ethyl adjacent to an activating group) is 1. The minimum Gasteiger partial charge on any atom is -0.497 e. The van der Waals surface area contributed by atoms with Gasteiger partial charge in [-0.25, -0.2) is 4.79 Å². The fourth-order valence-electron chi connectivity index (χ4n) is 5.38. The monoisotopic (exact) mass is 532 g/mol. The molecule has 2 aromatic heterocycles. The minimum atomic E-state index is -0.299. The number of hydrogen-bond acceptors (Lipinski definition) is 4. The second kappa shape index (κ2) is 9.56. The first-order valence-corrected chi connectivity index (χ1v) is 13.6. The molecule has 0 spiro atoms. The molecule has 6 rings (SSSR count). The molecule has 0 aliphatic carbocycles. The van der Waals surface area contributed by atoms with Crippen LogP contribution in [0.25, 0.3) is 5.00 Å². The SMILES string of the molecule is COc1cccc([C@@H]2c3cccn3-c3sc4c(c3CN2C(=O)Nc2ccc(C)c(Cl)c2)CCN(C)C4)c1. The van der Waals surface area contributed by atoms with Gasteiger partial charge in [0.2, 0.25) is 0 Å². The Balaban J connectivity index is 1.49. The van der Waals surface area contributed by atoms with Gasteiger partial charge in [0.15, 0.2) is 0 Å². The van der Waals surface area contributed by atoms with E-state index in [1.165, 1.54) is 21.0 Å². The molecule has 2 aliphatic rings. The Labute approximate surface area is 226 Å². The zero-order valence-electron chi connectivity index (χ0n) is 21.1. The summed E-state index contributed by atoms with van der Waals surface area (Å²) in [5, 5.41) is 4.97. The van der Waals surface area contributed by atoms with E-state index in [0.29, 0.717) is 17.3 Å². The lowest BCUT2D eigenvalue weighted by molar-refractivity contribution is 0.194. The van der Waals surface area contributed by atoms with Gasteiger partial charge in [0.05, 0.1) is 25.4 Å². The van der Waals surface area contributed by atoms with Crippen molar-refractivity contribution >= 4 is 34.7 Å². The van der Waals surface area contributed by atoms with E-state index < -0.39 is 0 Å². The molecule has 0 radical (unpaired) electrons. The highest BCUT2D eigenvalue weighted by molar-refractivity contribution is 7.15. The molecule has 0 fully saturated rings. The van der Waals surface area contributed by atoms with Crippen LogP contribution in [0, 0.1) is 6.92 Å². The maximum Gasteiger partial charge on any atom is 0.322 e. The number of nitrogens with one attached hydrogen (secondary N) is 1. The van der Waals surface area contributed by atoms with Crippen molar-refractivity contribution in [1.29, 1.82) is 0 Å². The highest BCUT2D eigenvalue weighted by Crippen LogP contribution is 2.44. The predicted octanol–water partition coefficient (Wildman–Crippen LogP) is 6.63. The zero-order chi connectivity index (χ0) is 25.7. The molecule has 4 aromatic rings. The fraction of sp³-hybridized carbons (Fsp3) is 0.276. The number of halogens is 1. The van der Waals surface area contributed by atoms with Gasteiger partial charge in [-0.1, -0.05) is 29.8 Å². The highest BCUT2D eigenvalue weighted by atomic mass is 35.5. The summed E-state index contributed by atoms with van der Waals surface area (Å²) >= 11 is 8.23.